The maximum absolute atomic E-state index is 13.6. The second-order valence-electron chi connectivity index (χ2n) is 7.26. The maximum Gasteiger partial charge on any atom is 0.137 e. The minimum atomic E-state index is -0.272. The van der Waals surface area contributed by atoms with E-state index in [0.717, 1.165) is 56.1 Å². The lowest BCUT2D eigenvalue weighted by Crippen LogP contribution is -2.50. The highest BCUT2D eigenvalue weighted by Crippen LogP contribution is 2.27. The van der Waals surface area contributed by atoms with E-state index < -0.39 is 0 Å². The first-order chi connectivity index (χ1) is 12.2. The maximum atomic E-state index is 13.6. The molecule has 2 unspecified atom stereocenters. The lowest BCUT2D eigenvalue weighted by Gasteiger charge is -2.41. The molecule has 0 spiro atoms. The number of anilines is 1. The molecule has 1 aliphatic heterocycles. The Labute approximate surface area is 147 Å². The number of aliphatic hydroxyl groups excluding tert-OH is 1. The summed E-state index contributed by atoms with van der Waals surface area (Å²) in [5.41, 5.74) is 0.752. The normalized spacial score (nSPS) is 26.0. The molecule has 0 amide bonds. The number of nitrogens with zero attached hydrogens (tertiary/aromatic N) is 3. The molecule has 1 aromatic heterocycles. The van der Waals surface area contributed by atoms with Crippen LogP contribution in [-0.2, 0) is 0 Å². The summed E-state index contributed by atoms with van der Waals surface area (Å²) in [6, 6.07) is 5.24. The van der Waals surface area contributed by atoms with Crippen molar-refractivity contribution in [2.45, 2.75) is 56.7 Å². The number of benzene rings is 1. The van der Waals surface area contributed by atoms with Gasteiger partial charge in [-0.25, -0.2) is 14.4 Å². The number of rotatable bonds is 3. The standard InChI is InChI=1S/C19H25FN4O/c20-13-5-6-16-15(11-13)19(22-12-21-16)23-14-7-9-24(10-8-14)17-3-1-2-4-18(17)25/h5-6,11-12,14,17-18,25H,1-4,7-10H2,(H,21,22,23). The topological polar surface area (TPSA) is 61.3 Å². The van der Waals surface area contributed by atoms with Crippen LogP contribution in [0, 0.1) is 5.82 Å². The summed E-state index contributed by atoms with van der Waals surface area (Å²) < 4.78 is 13.6. The van der Waals surface area contributed by atoms with E-state index in [4.69, 9.17) is 0 Å². The summed E-state index contributed by atoms with van der Waals surface area (Å²) in [7, 11) is 0. The van der Waals surface area contributed by atoms with Crippen molar-refractivity contribution in [3.05, 3.63) is 30.3 Å². The van der Waals surface area contributed by atoms with Crippen molar-refractivity contribution in [2.24, 2.45) is 0 Å². The van der Waals surface area contributed by atoms with E-state index >= 15 is 0 Å². The van der Waals surface area contributed by atoms with Gasteiger partial charge in [0.05, 0.1) is 11.6 Å². The molecule has 1 saturated heterocycles. The van der Waals surface area contributed by atoms with Crippen LogP contribution in [0.4, 0.5) is 10.2 Å². The molecule has 134 valence electrons. The van der Waals surface area contributed by atoms with Gasteiger partial charge in [-0.1, -0.05) is 12.8 Å². The molecular weight excluding hydrogens is 319 g/mol. The van der Waals surface area contributed by atoms with Crippen molar-refractivity contribution in [1.82, 2.24) is 14.9 Å². The Hall–Kier alpha value is -1.79. The van der Waals surface area contributed by atoms with E-state index in [9.17, 15) is 9.50 Å². The number of aliphatic hydroxyl groups is 1. The van der Waals surface area contributed by atoms with Crippen molar-refractivity contribution < 1.29 is 9.50 Å². The lowest BCUT2D eigenvalue weighted by atomic mass is 9.89. The Morgan fingerprint density at radius 2 is 1.88 bits per heavy atom. The summed E-state index contributed by atoms with van der Waals surface area (Å²) in [6.07, 6.45) is 7.76. The Morgan fingerprint density at radius 1 is 1.08 bits per heavy atom. The van der Waals surface area contributed by atoms with Crippen LogP contribution in [0.1, 0.15) is 38.5 Å². The predicted octanol–water partition coefficient (Wildman–Crippen LogP) is 2.95. The van der Waals surface area contributed by atoms with Gasteiger partial charge in [0.15, 0.2) is 0 Å². The Morgan fingerprint density at radius 3 is 2.68 bits per heavy atom. The first kappa shape index (κ1) is 16.7. The molecule has 25 heavy (non-hydrogen) atoms. The summed E-state index contributed by atoms with van der Waals surface area (Å²) >= 11 is 0. The van der Waals surface area contributed by atoms with Crippen molar-refractivity contribution in [1.29, 1.82) is 0 Å². The van der Waals surface area contributed by atoms with Crippen LogP contribution in [0.15, 0.2) is 24.5 Å². The molecule has 0 bridgehead atoms. The minimum absolute atomic E-state index is 0.174. The van der Waals surface area contributed by atoms with E-state index in [1.165, 1.54) is 24.9 Å². The van der Waals surface area contributed by atoms with Crippen LogP contribution in [0.3, 0.4) is 0 Å². The van der Waals surface area contributed by atoms with E-state index in [0.29, 0.717) is 17.9 Å². The van der Waals surface area contributed by atoms with Crippen LogP contribution in [0.25, 0.3) is 10.9 Å². The Bertz CT molecular complexity index is 732. The zero-order chi connectivity index (χ0) is 17.2. The molecule has 5 nitrogen and oxygen atoms in total. The van der Waals surface area contributed by atoms with Crippen molar-refractivity contribution in [3.8, 4) is 0 Å². The average molecular weight is 344 g/mol. The fourth-order valence-electron chi connectivity index (χ4n) is 4.23. The summed E-state index contributed by atoms with van der Waals surface area (Å²) in [4.78, 5) is 11.0. The van der Waals surface area contributed by atoms with Crippen LogP contribution < -0.4 is 5.32 Å². The van der Waals surface area contributed by atoms with Gasteiger partial charge < -0.3 is 10.4 Å². The molecule has 2 aromatic rings. The molecule has 1 aromatic carbocycles. The fraction of sp³-hybridized carbons (Fsp3) is 0.579. The largest absolute Gasteiger partial charge is 0.391 e. The van der Waals surface area contributed by atoms with Gasteiger partial charge >= 0.3 is 0 Å². The second-order valence-corrected chi connectivity index (χ2v) is 7.26. The third-order valence-corrected chi connectivity index (χ3v) is 5.63. The average Bonchev–Trinajstić information content (AvgIpc) is 2.63. The van der Waals surface area contributed by atoms with Crippen LogP contribution in [0.2, 0.25) is 0 Å². The fourth-order valence-corrected chi connectivity index (χ4v) is 4.23. The van der Waals surface area contributed by atoms with Crippen molar-refractivity contribution in [2.75, 3.05) is 18.4 Å². The molecule has 2 N–H and O–H groups in total. The highest BCUT2D eigenvalue weighted by atomic mass is 19.1. The second kappa shape index (κ2) is 7.22. The first-order valence-electron chi connectivity index (χ1n) is 9.29. The highest BCUT2D eigenvalue weighted by Gasteiger charge is 2.31. The zero-order valence-corrected chi connectivity index (χ0v) is 14.4. The van der Waals surface area contributed by atoms with Gasteiger partial charge in [0, 0.05) is 30.6 Å². The van der Waals surface area contributed by atoms with Gasteiger partial charge in [0.2, 0.25) is 0 Å². The molecule has 1 saturated carbocycles. The molecule has 6 heteroatoms. The molecule has 2 heterocycles. The minimum Gasteiger partial charge on any atom is -0.391 e. The van der Waals surface area contributed by atoms with Gasteiger partial charge in [-0.15, -0.1) is 0 Å². The monoisotopic (exact) mass is 344 g/mol. The summed E-state index contributed by atoms with van der Waals surface area (Å²) in [6.45, 7) is 1.97. The van der Waals surface area contributed by atoms with E-state index in [1.54, 1.807) is 6.07 Å². The van der Waals surface area contributed by atoms with Gasteiger partial charge in [0.25, 0.3) is 0 Å². The van der Waals surface area contributed by atoms with Crippen molar-refractivity contribution >= 4 is 16.7 Å². The quantitative estimate of drug-likeness (QED) is 0.896. The van der Waals surface area contributed by atoms with Gasteiger partial charge in [0.1, 0.15) is 18.0 Å². The van der Waals surface area contributed by atoms with Crippen molar-refractivity contribution in [3.63, 3.8) is 0 Å². The first-order valence-corrected chi connectivity index (χ1v) is 9.29. The third-order valence-electron chi connectivity index (χ3n) is 5.63. The molecule has 2 aliphatic rings. The molecular formula is C19H25FN4O. The number of hydrogen-bond donors (Lipinski definition) is 2. The number of halogens is 1. The predicted molar refractivity (Wildman–Crippen MR) is 96.0 cm³/mol. The van der Waals surface area contributed by atoms with Gasteiger partial charge in [-0.2, -0.15) is 0 Å². The molecule has 1 aliphatic carbocycles. The number of likely N-dealkylation sites (tertiary alicyclic amines) is 1. The molecule has 2 fully saturated rings. The lowest BCUT2D eigenvalue weighted by molar-refractivity contribution is 0.00993. The molecule has 2 atom stereocenters. The number of nitrogens with one attached hydrogen (secondary N) is 1. The summed E-state index contributed by atoms with van der Waals surface area (Å²) in [5, 5.41) is 14.5. The zero-order valence-electron chi connectivity index (χ0n) is 14.4. The highest BCUT2D eigenvalue weighted by molar-refractivity contribution is 5.88. The van der Waals surface area contributed by atoms with Gasteiger partial charge in [-0.05, 0) is 43.9 Å². The number of piperidine rings is 1. The van der Waals surface area contributed by atoms with Gasteiger partial charge in [-0.3, -0.25) is 4.90 Å². The van der Waals surface area contributed by atoms with E-state index in [2.05, 4.69) is 20.2 Å². The van der Waals surface area contributed by atoms with E-state index in [1.807, 2.05) is 0 Å². The van der Waals surface area contributed by atoms with E-state index in [-0.39, 0.29) is 11.9 Å². The Kier molecular flexibility index (Phi) is 4.81. The van der Waals surface area contributed by atoms with Crippen LogP contribution >= 0.6 is 0 Å². The summed E-state index contributed by atoms with van der Waals surface area (Å²) in [5.74, 6) is 0.437. The SMILES string of the molecule is OC1CCCCC1N1CCC(Nc2ncnc3ccc(F)cc23)CC1. The third kappa shape index (κ3) is 3.60. The smallest absolute Gasteiger partial charge is 0.137 e. The molecule has 4 rings (SSSR count). The van der Waals surface area contributed by atoms with Crippen LogP contribution in [0.5, 0.6) is 0 Å². The molecule has 0 radical (unpaired) electrons. The Balaban J connectivity index is 1.41. The number of hydrogen-bond acceptors (Lipinski definition) is 5. The number of aromatic nitrogens is 2. The number of fused-ring (bicyclic) bond motifs is 1. The van der Waals surface area contributed by atoms with Crippen LogP contribution in [-0.4, -0.2) is 51.3 Å².